The number of hydrogen-bond acceptors (Lipinski definition) is 3. The summed E-state index contributed by atoms with van der Waals surface area (Å²) in [4.78, 5) is 10.4. The highest BCUT2D eigenvalue weighted by Gasteiger charge is 1.93. The van der Waals surface area contributed by atoms with Crippen molar-refractivity contribution in [1.29, 1.82) is 0 Å². The Morgan fingerprint density at radius 1 is 1.75 bits per heavy atom. The monoisotopic (exact) mass is 114 g/mol. The van der Waals surface area contributed by atoms with Crippen LogP contribution in [0.3, 0.4) is 0 Å². The van der Waals surface area contributed by atoms with Crippen LogP contribution in [0.4, 0.5) is 5.82 Å². The molecule has 0 aliphatic rings. The molecule has 0 aliphatic heterocycles. The molecular formula is C3H6N4O. The third-order valence-electron chi connectivity index (χ3n) is 0.789. The first-order valence-electron chi connectivity index (χ1n) is 2.15. The van der Waals surface area contributed by atoms with Gasteiger partial charge in [-0.2, -0.15) is 0 Å². The van der Waals surface area contributed by atoms with Crippen molar-refractivity contribution in [3.8, 4) is 0 Å². The summed E-state index contributed by atoms with van der Waals surface area (Å²) >= 11 is 0. The summed E-state index contributed by atoms with van der Waals surface area (Å²) in [7, 11) is 1.63. The first kappa shape index (κ1) is 4.89. The first-order chi connectivity index (χ1) is 3.84. The van der Waals surface area contributed by atoms with Crippen LogP contribution >= 0.6 is 0 Å². The van der Waals surface area contributed by atoms with Gasteiger partial charge in [-0.15, -0.1) is 5.10 Å². The van der Waals surface area contributed by atoms with Crippen molar-refractivity contribution in [1.82, 2.24) is 15.4 Å². The third kappa shape index (κ3) is 0.575. The molecule has 0 fully saturated rings. The summed E-state index contributed by atoms with van der Waals surface area (Å²) in [6.07, 6.45) is 0. The van der Waals surface area contributed by atoms with E-state index in [4.69, 9.17) is 0 Å². The van der Waals surface area contributed by atoms with Crippen molar-refractivity contribution >= 4 is 5.82 Å². The first-order valence-corrected chi connectivity index (χ1v) is 2.15. The minimum Gasteiger partial charge on any atom is -0.367 e. The van der Waals surface area contributed by atoms with E-state index in [0.717, 1.165) is 0 Å². The number of rotatable bonds is 1. The van der Waals surface area contributed by atoms with Crippen LogP contribution in [0.2, 0.25) is 0 Å². The van der Waals surface area contributed by atoms with Gasteiger partial charge in [-0.25, -0.2) is 10.3 Å². The molecular weight excluding hydrogens is 108 g/mol. The zero-order valence-electron chi connectivity index (χ0n) is 4.36. The maximum atomic E-state index is 10.4. The maximum absolute atomic E-state index is 10.4. The molecule has 1 aromatic rings. The van der Waals surface area contributed by atoms with Gasteiger partial charge < -0.3 is 5.32 Å². The molecule has 8 heavy (non-hydrogen) atoms. The fraction of sp³-hybridized carbons (Fsp3) is 0.333. The minimum atomic E-state index is -0.229. The molecule has 0 aromatic carbocycles. The van der Waals surface area contributed by atoms with E-state index in [2.05, 4.69) is 20.7 Å². The third-order valence-corrected chi connectivity index (χ3v) is 0.789. The zero-order valence-corrected chi connectivity index (χ0v) is 4.36. The summed E-state index contributed by atoms with van der Waals surface area (Å²) in [5.41, 5.74) is -0.229. The van der Waals surface area contributed by atoms with Gasteiger partial charge in [0.25, 0.3) is 0 Å². The number of aromatic amines is 2. The highest BCUT2D eigenvalue weighted by Crippen LogP contribution is 1.80. The summed E-state index contributed by atoms with van der Waals surface area (Å²) < 4.78 is 0. The molecule has 0 amide bonds. The van der Waals surface area contributed by atoms with Crippen LogP contribution in [0.1, 0.15) is 0 Å². The van der Waals surface area contributed by atoms with E-state index in [1.54, 1.807) is 7.05 Å². The Morgan fingerprint density at radius 3 is 2.75 bits per heavy atom. The predicted octanol–water partition coefficient (Wildman–Crippen LogP) is -0.860. The number of aromatic nitrogens is 3. The zero-order chi connectivity index (χ0) is 5.98. The van der Waals surface area contributed by atoms with Gasteiger partial charge in [0, 0.05) is 7.05 Å². The van der Waals surface area contributed by atoms with Crippen LogP contribution in [0.25, 0.3) is 0 Å². The van der Waals surface area contributed by atoms with E-state index in [9.17, 15) is 4.79 Å². The van der Waals surface area contributed by atoms with Crippen LogP contribution in [0.5, 0.6) is 0 Å². The SMILES string of the molecule is CNc1n[nH][nH]c1=O. The molecule has 0 unspecified atom stereocenters. The van der Waals surface area contributed by atoms with Crippen LogP contribution in [-0.2, 0) is 0 Å². The lowest BCUT2D eigenvalue weighted by Gasteiger charge is -1.81. The summed E-state index contributed by atoms with van der Waals surface area (Å²) in [5, 5.41) is 10.7. The van der Waals surface area contributed by atoms with Gasteiger partial charge in [0.1, 0.15) is 0 Å². The van der Waals surface area contributed by atoms with Gasteiger partial charge in [0.05, 0.1) is 0 Å². The maximum Gasteiger partial charge on any atom is 0.308 e. The highest BCUT2D eigenvalue weighted by molar-refractivity contribution is 5.26. The molecule has 0 spiro atoms. The van der Waals surface area contributed by atoms with E-state index < -0.39 is 0 Å². The molecule has 0 saturated heterocycles. The molecule has 1 rings (SSSR count). The Hall–Kier alpha value is -1.26. The van der Waals surface area contributed by atoms with E-state index >= 15 is 0 Å². The molecule has 0 saturated carbocycles. The van der Waals surface area contributed by atoms with Gasteiger partial charge in [-0.1, -0.05) is 0 Å². The van der Waals surface area contributed by atoms with Crippen molar-refractivity contribution in [3.05, 3.63) is 10.4 Å². The fourth-order valence-corrected chi connectivity index (χ4v) is 0.414. The number of hydrogen-bond donors (Lipinski definition) is 3. The number of nitrogens with zero attached hydrogens (tertiary/aromatic N) is 1. The van der Waals surface area contributed by atoms with Gasteiger partial charge in [0.15, 0.2) is 0 Å². The second-order valence-corrected chi connectivity index (χ2v) is 1.28. The lowest BCUT2D eigenvalue weighted by molar-refractivity contribution is 0.930. The normalized spacial score (nSPS) is 9.12. The Morgan fingerprint density at radius 2 is 2.50 bits per heavy atom. The standard InChI is InChI=1S/C3H6N4O/c1-4-2-3(8)6-7-5-2/h1H3,(H3,4,5,6,7,8). The van der Waals surface area contributed by atoms with Gasteiger partial charge in [-0.3, -0.25) is 4.79 Å². The number of nitrogens with one attached hydrogen (secondary N) is 3. The Labute approximate surface area is 45.1 Å². The molecule has 0 aliphatic carbocycles. The van der Waals surface area contributed by atoms with Crippen LogP contribution in [0, 0.1) is 0 Å². The molecule has 5 heteroatoms. The van der Waals surface area contributed by atoms with Gasteiger partial charge in [-0.05, 0) is 0 Å². The highest BCUT2D eigenvalue weighted by atomic mass is 16.1. The minimum absolute atomic E-state index is 0.229. The summed E-state index contributed by atoms with van der Waals surface area (Å²) in [6, 6.07) is 0. The van der Waals surface area contributed by atoms with Crippen molar-refractivity contribution < 1.29 is 0 Å². The van der Waals surface area contributed by atoms with E-state index in [-0.39, 0.29) is 5.56 Å². The van der Waals surface area contributed by atoms with Gasteiger partial charge >= 0.3 is 5.56 Å². The van der Waals surface area contributed by atoms with Crippen molar-refractivity contribution in [2.45, 2.75) is 0 Å². The molecule has 44 valence electrons. The number of anilines is 1. The second kappa shape index (κ2) is 1.69. The lowest BCUT2D eigenvalue weighted by atomic mass is 10.7. The predicted molar refractivity (Wildman–Crippen MR) is 28.8 cm³/mol. The van der Waals surface area contributed by atoms with Crippen molar-refractivity contribution in [3.63, 3.8) is 0 Å². The Bertz CT molecular complexity index is 211. The Kier molecular flexibility index (Phi) is 1.03. The van der Waals surface area contributed by atoms with Crippen LogP contribution in [-0.4, -0.2) is 22.5 Å². The average Bonchev–Trinajstić information content (AvgIpc) is 2.14. The second-order valence-electron chi connectivity index (χ2n) is 1.28. The van der Waals surface area contributed by atoms with Gasteiger partial charge in [0.2, 0.25) is 5.82 Å². The molecule has 0 radical (unpaired) electrons. The summed E-state index contributed by atoms with van der Waals surface area (Å²) in [6.45, 7) is 0. The molecule has 3 N–H and O–H groups in total. The average molecular weight is 114 g/mol. The van der Waals surface area contributed by atoms with Crippen molar-refractivity contribution in [2.24, 2.45) is 0 Å². The van der Waals surface area contributed by atoms with E-state index in [1.807, 2.05) is 0 Å². The van der Waals surface area contributed by atoms with E-state index in [0.29, 0.717) is 5.82 Å². The Balaban J connectivity index is 3.11. The topological polar surface area (TPSA) is 73.6 Å². The lowest BCUT2D eigenvalue weighted by Crippen LogP contribution is -2.05. The van der Waals surface area contributed by atoms with Crippen LogP contribution in [0.15, 0.2) is 4.79 Å². The summed E-state index contributed by atoms with van der Waals surface area (Å²) in [5.74, 6) is 0.310. The smallest absolute Gasteiger partial charge is 0.308 e. The fourth-order valence-electron chi connectivity index (χ4n) is 0.414. The number of H-pyrrole nitrogens is 2. The molecule has 5 nitrogen and oxygen atoms in total. The van der Waals surface area contributed by atoms with Crippen LogP contribution < -0.4 is 10.9 Å². The molecule has 1 heterocycles. The molecule has 1 aromatic heterocycles. The molecule has 0 bridgehead atoms. The van der Waals surface area contributed by atoms with E-state index in [1.165, 1.54) is 0 Å². The van der Waals surface area contributed by atoms with Crippen molar-refractivity contribution in [2.75, 3.05) is 12.4 Å². The largest absolute Gasteiger partial charge is 0.367 e. The molecule has 0 atom stereocenters. The quantitative estimate of drug-likeness (QED) is 0.444.